The molecular formula is C14H21BrN2O. The van der Waals surface area contributed by atoms with E-state index in [2.05, 4.69) is 28.2 Å². The molecule has 0 spiro atoms. The fraction of sp³-hybridized carbons (Fsp3) is 0.500. The van der Waals surface area contributed by atoms with E-state index < -0.39 is 6.04 Å². The van der Waals surface area contributed by atoms with Gasteiger partial charge in [0, 0.05) is 4.47 Å². The molecule has 2 atom stereocenters. The van der Waals surface area contributed by atoms with Gasteiger partial charge in [0.15, 0.2) is 0 Å². The van der Waals surface area contributed by atoms with Gasteiger partial charge in [0.05, 0.1) is 12.1 Å². The molecule has 0 radical (unpaired) electrons. The Morgan fingerprint density at radius 2 is 2.11 bits per heavy atom. The Morgan fingerprint density at radius 1 is 1.44 bits per heavy atom. The van der Waals surface area contributed by atoms with Gasteiger partial charge >= 0.3 is 0 Å². The topological polar surface area (TPSA) is 55.1 Å². The van der Waals surface area contributed by atoms with Crippen molar-refractivity contribution in [3.05, 3.63) is 34.3 Å². The van der Waals surface area contributed by atoms with Crippen LogP contribution in [0.4, 0.5) is 0 Å². The lowest BCUT2D eigenvalue weighted by atomic mass is 10.1. The molecule has 0 saturated carbocycles. The summed E-state index contributed by atoms with van der Waals surface area (Å²) in [7, 11) is 0. The number of carbonyl (C=O) groups is 1. The molecule has 0 heterocycles. The van der Waals surface area contributed by atoms with Gasteiger partial charge in [-0.25, -0.2) is 0 Å². The van der Waals surface area contributed by atoms with E-state index in [1.54, 1.807) is 0 Å². The van der Waals surface area contributed by atoms with Crippen molar-refractivity contribution in [3.63, 3.8) is 0 Å². The Kier molecular flexibility index (Phi) is 6.36. The molecule has 0 aliphatic rings. The van der Waals surface area contributed by atoms with E-state index in [1.165, 1.54) is 0 Å². The van der Waals surface area contributed by atoms with Crippen molar-refractivity contribution in [2.45, 2.75) is 45.2 Å². The van der Waals surface area contributed by atoms with Crippen LogP contribution < -0.4 is 11.1 Å². The van der Waals surface area contributed by atoms with Gasteiger partial charge < -0.3 is 11.1 Å². The van der Waals surface area contributed by atoms with Crippen molar-refractivity contribution >= 4 is 21.8 Å². The number of carbonyl (C=O) groups excluding carboxylic acids is 1. The number of nitrogens with one attached hydrogen (secondary N) is 1. The first-order valence-electron chi connectivity index (χ1n) is 6.36. The van der Waals surface area contributed by atoms with Gasteiger partial charge in [0.25, 0.3) is 0 Å². The lowest BCUT2D eigenvalue weighted by molar-refractivity contribution is -0.123. The first-order valence-corrected chi connectivity index (χ1v) is 7.16. The average Bonchev–Trinajstić information content (AvgIpc) is 2.36. The zero-order valence-electron chi connectivity index (χ0n) is 10.9. The van der Waals surface area contributed by atoms with Crippen LogP contribution in [0.25, 0.3) is 0 Å². The maximum absolute atomic E-state index is 11.9. The van der Waals surface area contributed by atoms with E-state index in [1.807, 2.05) is 31.2 Å². The summed E-state index contributed by atoms with van der Waals surface area (Å²) < 4.78 is 1.000. The van der Waals surface area contributed by atoms with E-state index in [-0.39, 0.29) is 11.9 Å². The summed E-state index contributed by atoms with van der Waals surface area (Å²) in [6.45, 7) is 4.05. The zero-order chi connectivity index (χ0) is 13.5. The van der Waals surface area contributed by atoms with Crippen molar-refractivity contribution in [1.82, 2.24) is 5.32 Å². The van der Waals surface area contributed by atoms with Crippen molar-refractivity contribution in [2.24, 2.45) is 5.73 Å². The number of halogens is 1. The summed E-state index contributed by atoms with van der Waals surface area (Å²) >= 11 is 3.48. The molecule has 0 aliphatic heterocycles. The minimum absolute atomic E-state index is 0.0410. The molecule has 1 rings (SSSR count). The van der Waals surface area contributed by atoms with Crippen LogP contribution in [0, 0.1) is 0 Å². The second-order valence-electron chi connectivity index (χ2n) is 4.50. The summed E-state index contributed by atoms with van der Waals surface area (Å²) in [4.78, 5) is 11.9. The molecule has 0 aliphatic carbocycles. The maximum Gasteiger partial charge on any atom is 0.237 e. The van der Waals surface area contributed by atoms with Crippen molar-refractivity contribution in [2.75, 3.05) is 0 Å². The third-order valence-corrected chi connectivity index (χ3v) is 3.66. The molecule has 3 nitrogen and oxygen atoms in total. The number of rotatable bonds is 6. The zero-order valence-corrected chi connectivity index (χ0v) is 12.5. The minimum atomic E-state index is -0.408. The fourth-order valence-electron chi connectivity index (χ4n) is 1.78. The van der Waals surface area contributed by atoms with E-state index in [4.69, 9.17) is 5.73 Å². The van der Waals surface area contributed by atoms with Gasteiger partial charge in [-0.15, -0.1) is 0 Å². The smallest absolute Gasteiger partial charge is 0.237 e. The predicted octanol–water partition coefficient (Wildman–Crippen LogP) is 3.14. The number of nitrogens with two attached hydrogens (primary N) is 1. The van der Waals surface area contributed by atoms with Gasteiger partial charge in [0.2, 0.25) is 5.91 Å². The van der Waals surface area contributed by atoms with Gasteiger partial charge in [-0.05, 0) is 25.0 Å². The Morgan fingerprint density at radius 3 is 2.72 bits per heavy atom. The van der Waals surface area contributed by atoms with Gasteiger partial charge in [0.1, 0.15) is 0 Å². The Labute approximate surface area is 117 Å². The molecule has 0 bridgehead atoms. The molecule has 100 valence electrons. The summed E-state index contributed by atoms with van der Waals surface area (Å²) in [6, 6.07) is 7.42. The number of hydrogen-bond donors (Lipinski definition) is 2. The first-order chi connectivity index (χ1) is 8.56. The lowest BCUT2D eigenvalue weighted by Gasteiger charge is -2.18. The van der Waals surface area contributed by atoms with Crippen LogP contribution in [0.15, 0.2) is 28.7 Å². The van der Waals surface area contributed by atoms with Gasteiger partial charge in [-0.2, -0.15) is 0 Å². The molecule has 1 amide bonds. The summed E-state index contributed by atoms with van der Waals surface area (Å²) in [5.41, 5.74) is 6.91. The van der Waals surface area contributed by atoms with Crippen LogP contribution in [0.5, 0.6) is 0 Å². The molecule has 0 unspecified atom stereocenters. The van der Waals surface area contributed by atoms with Crippen LogP contribution in [0.3, 0.4) is 0 Å². The number of benzene rings is 1. The Bertz CT molecular complexity index is 395. The highest BCUT2D eigenvalue weighted by atomic mass is 79.9. The van der Waals surface area contributed by atoms with Crippen LogP contribution in [-0.4, -0.2) is 11.9 Å². The lowest BCUT2D eigenvalue weighted by Crippen LogP contribution is -2.41. The van der Waals surface area contributed by atoms with Gasteiger partial charge in [-0.3, -0.25) is 4.79 Å². The summed E-state index contributed by atoms with van der Waals surface area (Å²) in [5.74, 6) is -0.0771. The van der Waals surface area contributed by atoms with E-state index in [9.17, 15) is 4.79 Å². The summed E-state index contributed by atoms with van der Waals surface area (Å²) in [6.07, 6.45) is 2.78. The second kappa shape index (κ2) is 7.54. The van der Waals surface area contributed by atoms with Crippen molar-refractivity contribution in [3.8, 4) is 0 Å². The standard InChI is InChI=1S/C14H21BrN2O/c1-3-4-9-13(16)14(18)17-10(2)11-7-5-6-8-12(11)15/h5-8,10,13H,3-4,9,16H2,1-2H3,(H,17,18)/t10-,13-/m0/s1. The molecule has 1 aromatic rings. The maximum atomic E-state index is 11.9. The van der Waals surface area contributed by atoms with Crippen LogP contribution in [0.2, 0.25) is 0 Å². The third-order valence-electron chi connectivity index (χ3n) is 2.94. The fourth-order valence-corrected chi connectivity index (χ4v) is 2.41. The van der Waals surface area contributed by atoms with E-state index >= 15 is 0 Å². The Hall–Kier alpha value is -0.870. The average molecular weight is 313 g/mol. The Balaban J connectivity index is 2.57. The second-order valence-corrected chi connectivity index (χ2v) is 5.35. The molecular weight excluding hydrogens is 292 g/mol. The van der Waals surface area contributed by atoms with Crippen LogP contribution in [0.1, 0.15) is 44.7 Å². The SMILES string of the molecule is CCCC[C@H](N)C(=O)N[C@@H](C)c1ccccc1Br. The van der Waals surface area contributed by atoms with Crippen LogP contribution >= 0.6 is 15.9 Å². The molecule has 3 N–H and O–H groups in total. The quantitative estimate of drug-likeness (QED) is 0.847. The monoisotopic (exact) mass is 312 g/mol. The molecule has 18 heavy (non-hydrogen) atoms. The van der Waals surface area contributed by atoms with Gasteiger partial charge in [-0.1, -0.05) is 53.9 Å². The molecule has 0 fully saturated rings. The number of unbranched alkanes of at least 4 members (excludes halogenated alkanes) is 1. The highest BCUT2D eigenvalue weighted by Crippen LogP contribution is 2.22. The van der Waals surface area contributed by atoms with E-state index in [0.717, 1.165) is 29.3 Å². The molecule has 0 aromatic heterocycles. The first kappa shape index (κ1) is 15.2. The predicted molar refractivity (Wildman–Crippen MR) is 78.2 cm³/mol. The normalized spacial score (nSPS) is 14.0. The van der Waals surface area contributed by atoms with Crippen LogP contribution in [-0.2, 0) is 4.79 Å². The molecule has 1 aromatic carbocycles. The summed E-state index contributed by atoms with van der Waals surface area (Å²) in [5, 5.41) is 2.95. The number of hydrogen-bond acceptors (Lipinski definition) is 2. The molecule has 4 heteroatoms. The highest BCUT2D eigenvalue weighted by molar-refractivity contribution is 9.10. The minimum Gasteiger partial charge on any atom is -0.348 e. The molecule has 0 saturated heterocycles. The number of amides is 1. The highest BCUT2D eigenvalue weighted by Gasteiger charge is 2.17. The third kappa shape index (κ3) is 4.42. The largest absolute Gasteiger partial charge is 0.348 e. The van der Waals surface area contributed by atoms with Crippen molar-refractivity contribution < 1.29 is 4.79 Å². The van der Waals surface area contributed by atoms with E-state index in [0.29, 0.717) is 0 Å². The van der Waals surface area contributed by atoms with Crippen molar-refractivity contribution in [1.29, 1.82) is 0 Å².